The lowest BCUT2D eigenvalue weighted by atomic mass is 10.0. The van der Waals surface area contributed by atoms with Crippen LogP contribution in [0.1, 0.15) is 81.9 Å². The second kappa shape index (κ2) is 30.9. The molecule has 26 nitrogen and oxygen atoms in total. The first-order valence-electron chi connectivity index (χ1n) is 22.1. The lowest BCUT2D eigenvalue weighted by Gasteiger charge is -2.27. The minimum Gasteiger partial charge on any atom is -0.481 e. The van der Waals surface area contributed by atoms with E-state index >= 15 is 0 Å². The number of rotatable bonds is 34. The number of nitrogens with two attached hydrogens (primary N) is 5. The number of amides is 6. The summed E-state index contributed by atoms with van der Waals surface area (Å²) in [6.45, 7) is 0.582. The molecule has 0 aliphatic rings. The van der Waals surface area contributed by atoms with Crippen LogP contribution in [0, 0.1) is 0 Å². The summed E-state index contributed by atoms with van der Waals surface area (Å²) in [4.78, 5) is 129. The van der Waals surface area contributed by atoms with Crippen LogP contribution in [-0.4, -0.2) is 147 Å². The number of imidazole rings is 1. The second-order valence-electron chi connectivity index (χ2n) is 15.8. The van der Waals surface area contributed by atoms with Crippen molar-refractivity contribution in [3.8, 4) is 0 Å². The van der Waals surface area contributed by atoms with Gasteiger partial charge in [-0.05, 0) is 82.9 Å². The first-order valence-corrected chi connectivity index (χ1v) is 22.1. The number of aliphatic carboxylic acids is 3. The molecule has 2 rings (SSSR count). The molecule has 0 bridgehead atoms. The van der Waals surface area contributed by atoms with Crippen LogP contribution < -0.4 is 60.6 Å². The van der Waals surface area contributed by atoms with Crippen LogP contribution in [0.15, 0.2) is 47.8 Å². The molecule has 0 unspecified atom stereocenters. The van der Waals surface area contributed by atoms with Crippen molar-refractivity contribution in [3.63, 3.8) is 0 Å². The SMILES string of the molecule is NCCCC[C@H](NC(=O)[C@H](CCCCN)NC(=O)[C@H](Cc1cnc[nH]1)NC(=O)[C@H](CCC(=O)O)NC(=O)[C@H](CC(=O)O)NC(=O)[C@H](CCCN=C(N)N)NC(=O)[C@@H](N)Cc1ccccc1)C(=O)O. The number of aromatic nitrogens is 2. The van der Waals surface area contributed by atoms with Gasteiger partial charge in [0.15, 0.2) is 5.96 Å². The monoisotopic (exact) mass is 958 g/mol. The van der Waals surface area contributed by atoms with Gasteiger partial charge in [-0.3, -0.25) is 43.3 Å². The topological polar surface area (TPSA) is 458 Å². The molecule has 1 aromatic carbocycles. The van der Waals surface area contributed by atoms with Crippen LogP contribution in [0.3, 0.4) is 0 Å². The molecule has 0 radical (unpaired) electrons. The molecular formula is C42H66N14O12. The maximum atomic E-state index is 14.0. The average molecular weight is 959 g/mol. The number of nitrogens with zero attached hydrogens (tertiary/aromatic N) is 2. The zero-order valence-electron chi connectivity index (χ0n) is 37.7. The Balaban J connectivity index is 2.40. The van der Waals surface area contributed by atoms with Gasteiger partial charge in [-0.25, -0.2) is 9.78 Å². The summed E-state index contributed by atoms with van der Waals surface area (Å²) >= 11 is 0. The summed E-state index contributed by atoms with van der Waals surface area (Å²) in [5.41, 5.74) is 29.2. The molecule has 7 atom stereocenters. The van der Waals surface area contributed by atoms with E-state index in [1.165, 1.54) is 12.5 Å². The molecular weight excluding hydrogens is 893 g/mol. The Hall–Kier alpha value is -7.19. The number of carboxylic acids is 3. The van der Waals surface area contributed by atoms with E-state index in [1.807, 2.05) is 0 Å². The zero-order chi connectivity index (χ0) is 50.6. The molecule has 0 saturated heterocycles. The minimum atomic E-state index is -1.91. The van der Waals surface area contributed by atoms with Gasteiger partial charge in [0, 0.05) is 31.3 Å². The lowest BCUT2D eigenvalue weighted by molar-refractivity contribution is -0.143. The first kappa shape index (κ1) is 56.9. The van der Waals surface area contributed by atoms with E-state index in [2.05, 4.69) is 46.9 Å². The highest BCUT2D eigenvalue weighted by molar-refractivity contribution is 5.98. The van der Waals surface area contributed by atoms with Gasteiger partial charge in [0.25, 0.3) is 0 Å². The van der Waals surface area contributed by atoms with Crippen molar-refractivity contribution in [3.05, 3.63) is 54.1 Å². The Morgan fingerprint density at radius 1 is 0.588 bits per heavy atom. The van der Waals surface area contributed by atoms with Crippen molar-refractivity contribution in [1.82, 2.24) is 41.9 Å². The highest BCUT2D eigenvalue weighted by Gasteiger charge is 2.35. The van der Waals surface area contributed by atoms with Gasteiger partial charge in [-0.2, -0.15) is 0 Å². The number of guanidine groups is 1. The largest absolute Gasteiger partial charge is 0.481 e. The quantitative estimate of drug-likeness (QED) is 0.0181. The molecule has 26 heteroatoms. The van der Waals surface area contributed by atoms with Crippen LogP contribution in [0.5, 0.6) is 0 Å². The number of unbranched alkanes of at least 4 members (excludes halogenated alkanes) is 2. The fourth-order valence-electron chi connectivity index (χ4n) is 6.63. The molecule has 68 heavy (non-hydrogen) atoms. The lowest BCUT2D eigenvalue weighted by Crippen LogP contribution is -2.60. The van der Waals surface area contributed by atoms with E-state index in [-0.39, 0.29) is 57.6 Å². The molecule has 0 aliphatic carbocycles. The average Bonchev–Trinajstić information content (AvgIpc) is 3.80. The number of carbonyl (C=O) groups excluding carboxylic acids is 6. The number of carbonyl (C=O) groups is 9. The number of carboxylic acid groups (broad SMARTS) is 3. The number of benzene rings is 1. The highest BCUT2D eigenvalue weighted by Crippen LogP contribution is 2.10. The number of hydrogen-bond donors (Lipinski definition) is 15. The van der Waals surface area contributed by atoms with E-state index in [0.29, 0.717) is 37.9 Å². The maximum absolute atomic E-state index is 14.0. The molecule has 0 aliphatic heterocycles. The van der Waals surface area contributed by atoms with Gasteiger partial charge in [-0.15, -0.1) is 0 Å². The van der Waals surface area contributed by atoms with Crippen molar-refractivity contribution in [2.24, 2.45) is 33.7 Å². The molecule has 20 N–H and O–H groups in total. The molecule has 0 saturated carbocycles. The van der Waals surface area contributed by atoms with E-state index in [4.69, 9.17) is 28.7 Å². The summed E-state index contributed by atoms with van der Waals surface area (Å²) in [6, 6.07) is -1.59. The highest BCUT2D eigenvalue weighted by atomic mass is 16.4. The predicted molar refractivity (Wildman–Crippen MR) is 244 cm³/mol. The van der Waals surface area contributed by atoms with Crippen molar-refractivity contribution in [2.45, 2.75) is 126 Å². The summed E-state index contributed by atoms with van der Waals surface area (Å²) in [5, 5.41) is 43.6. The molecule has 2 aromatic rings. The minimum absolute atomic E-state index is 0.0178. The number of aliphatic imine (C=N–C) groups is 1. The Morgan fingerprint density at radius 3 is 1.59 bits per heavy atom. The van der Waals surface area contributed by atoms with Crippen molar-refractivity contribution >= 4 is 59.3 Å². The maximum Gasteiger partial charge on any atom is 0.326 e. The van der Waals surface area contributed by atoms with Crippen LogP contribution in [0.4, 0.5) is 0 Å². The predicted octanol–water partition coefficient (Wildman–Crippen LogP) is -3.83. The third-order valence-electron chi connectivity index (χ3n) is 10.3. The van der Waals surface area contributed by atoms with Gasteiger partial charge in [0.1, 0.15) is 36.3 Å². The molecule has 376 valence electrons. The Kier molecular flexibility index (Phi) is 25.9. The first-order chi connectivity index (χ1) is 32.3. The molecule has 0 fully saturated rings. The Bertz CT molecular complexity index is 1980. The summed E-state index contributed by atoms with van der Waals surface area (Å²) in [5.74, 6) is -10.4. The molecule has 6 amide bonds. The van der Waals surface area contributed by atoms with Crippen LogP contribution in [0.25, 0.3) is 0 Å². The summed E-state index contributed by atoms with van der Waals surface area (Å²) in [7, 11) is 0. The van der Waals surface area contributed by atoms with Gasteiger partial charge in [0.2, 0.25) is 35.4 Å². The zero-order valence-corrected chi connectivity index (χ0v) is 37.7. The van der Waals surface area contributed by atoms with Crippen LogP contribution in [-0.2, 0) is 56.0 Å². The van der Waals surface area contributed by atoms with E-state index < -0.39 is 115 Å². The normalized spacial score (nSPS) is 14.0. The van der Waals surface area contributed by atoms with Crippen molar-refractivity contribution in [1.29, 1.82) is 0 Å². The van der Waals surface area contributed by atoms with Crippen LogP contribution in [0.2, 0.25) is 0 Å². The van der Waals surface area contributed by atoms with Crippen molar-refractivity contribution in [2.75, 3.05) is 19.6 Å². The molecule has 0 spiro atoms. The van der Waals surface area contributed by atoms with Gasteiger partial charge >= 0.3 is 17.9 Å². The second-order valence-corrected chi connectivity index (χ2v) is 15.8. The smallest absolute Gasteiger partial charge is 0.326 e. The van der Waals surface area contributed by atoms with E-state index in [1.54, 1.807) is 30.3 Å². The fourth-order valence-corrected chi connectivity index (χ4v) is 6.63. The summed E-state index contributed by atoms with van der Waals surface area (Å²) < 4.78 is 0. The van der Waals surface area contributed by atoms with E-state index in [9.17, 15) is 58.5 Å². The number of H-pyrrole nitrogens is 1. The standard InChI is InChI=1S/C42H66N14O12/c43-16-6-4-11-27(36(62)54-30(41(67)68)12-5-7-17-44)52-39(65)31(20-25-22-48-23-50-25)55-38(64)29(14-15-33(57)58)53-40(66)32(21-34(59)60)56-37(63)28(13-8-18-49-42(46)47)51-35(61)26(45)19-24-9-2-1-3-10-24/h1-3,9-10,22-23,26-32H,4-8,11-21,43-45H2,(H,48,50)(H,51,61)(H,52,65)(H,53,66)(H,54,62)(H,55,64)(H,56,63)(H,57,58)(H,59,60)(H,67,68)(H4,46,47,49)/t26-,27-,28-,29-,30-,31-,32-/m0/s1. The summed E-state index contributed by atoms with van der Waals surface area (Å²) in [6.07, 6.45) is 1.87. The molecule has 1 aromatic heterocycles. The van der Waals surface area contributed by atoms with Gasteiger partial charge < -0.3 is 80.9 Å². The van der Waals surface area contributed by atoms with Gasteiger partial charge in [-0.1, -0.05) is 30.3 Å². The van der Waals surface area contributed by atoms with Crippen LogP contribution >= 0.6 is 0 Å². The van der Waals surface area contributed by atoms with Crippen molar-refractivity contribution < 1.29 is 58.5 Å². The Morgan fingerprint density at radius 2 is 1.07 bits per heavy atom. The van der Waals surface area contributed by atoms with Gasteiger partial charge in [0.05, 0.1) is 18.8 Å². The number of hydrogen-bond acceptors (Lipinski definition) is 14. The third kappa shape index (κ3) is 22.3. The fraction of sp³-hybridized carbons (Fsp3) is 0.548. The Labute approximate surface area is 392 Å². The van der Waals surface area contributed by atoms with E-state index in [0.717, 1.165) is 5.56 Å². The molecule has 1 heterocycles. The third-order valence-corrected chi connectivity index (χ3v) is 10.3. The number of aromatic amines is 1. The number of nitrogens with one attached hydrogen (secondary N) is 7.